The number of nitrogens with zero attached hydrogens (tertiary/aromatic N) is 5. The lowest BCUT2D eigenvalue weighted by atomic mass is 9.98. The summed E-state index contributed by atoms with van der Waals surface area (Å²) in [4.78, 5) is 12.9. The minimum atomic E-state index is -0.215. The molecule has 1 unspecified atom stereocenters. The lowest BCUT2D eigenvalue weighted by Crippen LogP contribution is -2.54. The fraction of sp³-hybridized carbons (Fsp3) is 0.557. The van der Waals surface area contributed by atoms with Crippen LogP contribution in [0, 0.1) is 11.8 Å². The third kappa shape index (κ3) is 15.4. The third-order valence-electron chi connectivity index (χ3n) is 15.4. The fourth-order valence-electron chi connectivity index (χ4n) is 11.3. The average molecular weight is 950 g/mol. The molecule has 2 aliphatic rings. The Labute approximate surface area is 424 Å². The van der Waals surface area contributed by atoms with Crippen molar-refractivity contribution in [3.63, 3.8) is 0 Å². The van der Waals surface area contributed by atoms with Gasteiger partial charge in [0.15, 0.2) is 0 Å². The van der Waals surface area contributed by atoms with Crippen molar-refractivity contribution in [3.05, 3.63) is 139 Å². The second kappa shape index (κ2) is 26.0. The third-order valence-corrected chi connectivity index (χ3v) is 15.4. The Morgan fingerprint density at radius 2 is 1.39 bits per heavy atom. The van der Waals surface area contributed by atoms with E-state index in [1.54, 1.807) is 0 Å². The van der Waals surface area contributed by atoms with Crippen LogP contribution >= 0.6 is 0 Å². The van der Waals surface area contributed by atoms with Crippen molar-refractivity contribution in [1.82, 2.24) is 45.5 Å². The molecule has 9 nitrogen and oxygen atoms in total. The number of likely N-dealkylation sites (N-methyl/N-ethyl adjacent to an activating group) is 2. The summed E-state index contributed by atoms with van der Waals surface area (Å²) in [6, 6.07) is 33.5. The Kier molecular flexibility index (Phi) is 19.9. The summed E-state index contributed by atoms with van der Waals surface area (Å²) in [5, 5.41) is 19.3. The van der Waals surface area contributed by atoms with Crippen molar-refractivity contribution in [2.45, 2.75) is 141 Å². The zero-order valence-corrected chi connectivity index (χ0v) is 44.7. The van der Waals surface area contributed by atoms with E-state index in [4.69, 9.17) is 4.98 Å². The number of rotatable bonds is 12. The SMILES string of the molecule is C=CC(C)(C)n1cc(C[C@H]2CN(C)[C@@H](CC(C)C)CN[C@@H](Cc3ccc4cccnc4c3)CN[C@@H](C)CN(C)[C@H]3C/C=C\CCN(C3)[C@@H](CC(C)C)CN[C@@H](Cc3ccccc3)CN2)c2ccccc21. The number of aromatic nitrogens is 2. The summed E-state index contributed by atoms with van der Waals surface area (Å²) in [5.74, 6) is 1.16. The topological polar surface area (TPSA) is 75.7 Å². The van der Waals surface area contributed by atoms with Gasteiger partial charge >= 0.3 is 0 Å². The van der Waals surface area contributed by atoms with Gasteiger partial charge in [0, 0.05) is 123 Å². The Balaban J connectivity index is 1.24. The van der Waals surface area contributed by atoms with Crippen molar-refractivity contribution >= 4 is 21.8 Å². The lowest BCUT2D eigenvalue weighted by Gasteiger charge is -2.40. The Morgan fingerprint density at radius 1 is 0.700 bits per heavy atom. The average Bonchev–Trinajstić information content (AvgIpc) is 3.70. The highest BCUT2D eigenvalue weighted by Crippen LogP contribution is 2.30. The minimum Gasteiger partial charge on any atom is -0.338 e. The van der Waals surface area contributed by atoms with Crippen LogP contribution in [0.25, 0.3) is 21.8 Å². The van der Waals surface area contributed by atoms with Crippen molar-refractivity contribution in [2.24, 2.45) is 11.8 Å². The number of allylic oxidation sites excluding steroid dienone is 1. The first kappa shape index (κ1) is 53.6. The van der Waals surface area contributed by atoms with Crippen LogP contribution in [-0.2, 0) is 24.8 Å². The zero-order chi connectivity index (χ0) is 49.6. The molecule has 5 aromatic rings. The van der Waals surface area contributed by atoms with E-state index in [9.17, 15) is 0 Å². The van der Waals surface area contributed by atoms with E-state index in [-0.39, 0.29) is 23.7 Å². The molecule has 1 fully saturated rings. The van der Waals surface area contributed by atoms with Crippen LogP contribution in [0.2, 0.25) is 0 Å². The molecule has 2 aliphatic heterocycles. The van der Waals surface area contributed by atoms with Crippen molar-refractivity contribution in [1.29, 1.82) is 0 Å². The minimum absolute atomic E-state index is 0.215. The largest absolute Gasteiger partial charge is 0.338 e. The quantitative estimate of drug-likeness (QED) is 0.0923. The smallest absolute Gasteiger partial charge is 0.0704 e. The van der Waals surface area contributed by atoms with Crippen molar-refractivity contribution < 1.29 is 0 Å². The van der Waals surface area contributed by atoms with Gasteiger partial charge in [0.25, 0.3) is 0 Å². The number of hydrogen-bond acceptors (Lipinski definition) is 8. The van der Waals surface area contributed by atoms with Crippen LogP contribution in [0.3, 0.4) is 0 Å². The summed E-state index contributed by atoms with van der Waals surface area (Å²) in [6.07, 6.45) is 18.6. The maximum Gasteiger partial charge on any atom is 0.0704 e. The van der Waals surface area contributed by atoms with E-state index in [0.29, 0.717) is 36.0 Å². The zero-order valence-electron chi connectivity index (χ0n) is 44.7. The first-order valence-corrected chi connectivity index (χ1v) is 27.1. The highest BCUT2D eigenvalue weighted by atomic mass is 15.2. The molecule has 380 valence electrons. The molecule has 0 radical (unpaired) electrons. The van der Waals surface area contributed by atoms with Crippen LogP contribution in [0.5, 0.6) is 0 Å². The van der Waals surface area contributed by atoms with Crippen LogP contribution in [0.4, 0.5) is 0 Å². The number of hydrogen-bond donors (Lipinski definition) is 4. The highest BCUT2D eigenvalue weighted by molar-refractivity contribution is 5.84. The predicted molar refractivity (Wildman–Crippen MR) is 299 cm³/mol. The summed E-state index contributed by atoms with van der Waals surface area (Å²) in [5.41, 5.74) is 6.22. The van der Waals surface area contributed by atoms with E-state index in [1.807, 2.05) is 12.3 Å². The maximum absolute atomic E-state index is 4.74. The molecular weight excluding hydrogens is 859 g/mol. The van der Waals surface area contributed by atoms with Gasteiger partial charge in [-0.05, 0) is 127 Å². The van der Waals surface area contributed by atoms with Gasteiger partial charge in [0.2, 0.25) is 0 Å². The van der Waals surface area contributed by atoms with Gasteiger partial charge in [0.05, 0.1) is 11.1 Å². The Morgan fingerprint density at radius 3 is 2.14 bits per heavy atom. The fourth-order valence-corrected chi connectivity index (χ4v) is 11.3. The van der Waals surface area contributed by atoms with Gasteiger partial charge in [-0.15, -0.1) is 6.58 Å². The molecule has 2 aromatic heterocycles. The number of pyridine rings is 1. The standard InChI is InChI=1S/C61H91N9/c1-11-61(7,8)70-42-51(58-25-17-18-26-60(58)70)36-54-43-68(10)56(31-45(2)3)39-65-53(34-49-27-28-50-23-20-29-62-59(50)35-49)37-63-47(6)41-67(9)55-24-16-13-19-30-69(44-55)57(32-46(4)5)40-66-52(38-64-54)33-48-21-14-12-15-22-48/h11-18,20-23,25-29,35,42,45-47,52-57,63-66H,1,19,24,30-34,36-41,43-44H2,2-10H3/b16-13-/t47-,52-,53-,54-,55-,56-,57-/m0/s1. The van der Waals surface area contributed by atoms with Crippen LogP contribution in [-0.4, -0.2) is 133 Å². The van der Waals surface area contributed by atoms with E-state index < -0.39 is 0 Å². The molecule has 0 aliphatic carbocycles. The first-order chi connectivity index (χ1) is 33.7. The first-order valence-electron chi connectivity index (χ1n) is 27.1. The van der Waals surface area contributed by atoms with Crippen LogP contribution < -0.4 is 21.3 Å². The predicted octanol–water partition coefficient (Wildman–Crippen LogP) is 9.72. The Hall–Kier alpha value is -4.19. The van der Waals surface area contributed by atoms with E-state index in [2.05, 4.69) is 213 Å². The second-order valence-corrected chi connectivity index (χ2v) is 22.7. The normalized spacial score (nSPS) is 26.4. The molecule has 9 heteroatoms. The lowest BCUT2D eigenvalue weighted by molar-refractivity contribution is 0.107. The summed E-state index contributed by atoms with van der Waals surface area (Å²) in [6.45, 7) is 28.5. The molecule has 70 heavy (non-hydrogen) atoms. The number of para-hydroxylation sites is 1. The molecule has 2 bridgehead atoms. The van der Waals surface area contributed by atoms with Gasteiger partial charge in [0.1, 0.15) is 0 Å². The van der Waals surface area contributed by atoms with Crippen LogP contribution in [0.15, 0.2) is 122 Å². The van der Waals surface area contributed by atoms with Gasteiger partial charge in [-0.1, -0.05) is 113 Å². The van der Waals surface area contributed by atoms with Crippen molar-refractivity contribution in [2.75, 3.05) is 66.5 Å². The molecule has 0 saturated carbocycles. The number of benzene rings is 3. The molecule has 4 N–H and O–H groups in total. The molecule has 0 amide bonds. The molecule has 8 atom stereocenters. The maximum atomic E-state index is 4.74. The highest BCUT2D eigenvalue weighted by Gasteiger charge is 2.29. The second-order valence-electron chi connectivity index (χ2n) is 22.7. The molecular formula is C61H91N9. The van der Waals surface area contributed by atoms with E-state index in [0.717, 1.165) is 96.4 Å². The van der Waals surface area contributed by atoms with Gasteiger partial charge in [-0.2, -0.15) is 0 Å². The van der Waals surface area contributed by atoms with Gasteiger partial charge in [-0.3, -0.25) is 9.88 Å². The summed E-state index contributed by atoms with van der Waals surface area (Å²) >= 11 is 0. The molecule has 7 rings (SSSR count). The number of nitrogens with one attached hydrogen (secondary N) is 4. The molecule has 4 heterocycles. The molecule has 0 spiro atoms. The van der Waals surface area contributed by atoms with Crippen molar-refractivity contribution in [3.8, 4) is 0 Å². The van der Waals surface area contributed by atoms with E-state index >= 15 is 0 Å². The monoisotopic (exact) mass is 950 g/mol. The molecule has 1 saturated heterocycles. The van der Waals surface area contributed by atoms with Gasteiger partial charge in [-0.25, -0.2) is 0 Å². The van der Waals surface area contributed by atoms with Gasteiger partial charge < -0.3 is 35.6 Å². The summed E-state index contributed by atoms with van der Waals surface area (Å²) < 4.78 is 2.44. The van der Waals surface area contributed by atoms with Crippen LogP contribution in [0.1, 0.15) is 90.8 Å². The molecule has 3 aromatic carbocycles. The van der Waals surface area contributed by atoms with E-state index in [1.165, 1.54) is 39.4 Å². The summed E-state index contributed by atoms with van der Waals surface area (Å²) in [7, 11) is 4.74. The Bertz CT molecular complexity index is 2370. The number of fused-ring (bicyclic) bond motifs is 4.